The van der Waals surface area contributed by atoms with Crippen LogP contribution in [-0.4, -0.2) is 51.3 Å². The molecule has 0 N–H and O–H groups in total. The van der Waals surface area contributed by atoms with Crippen LogP contribution in [0, 0.1) is 6.92 Å². The molecule has 2 aromatic rings. The highest BCUT2D eigenvalue weighted by Gasteiger charge is 2.34. The zero-order valence-corrected chi connectivity index (χ0v) is 13.7. The van der Waals surface area contributed by atoms with Gasteiger partial charge >= 0.3 is 0 Å². The number of aromatic nitrogens is 3. The summed E-state index contributed by atoms with van der Waals surface area (Å²) < 4.78 is 5.25. The molecular formula is C16H21N5O2. The fourth-order valence-electron chi connectivity index (χ4n) is 2.94. The molecule has 1 atom stereocenters. The summed E-state index contributed by atoms with van der Waals surface area (Å²) in [4.78, 5) is 29.6. The lowest BCUT2D eigenvalue weighted by atomic mass is 10.1. The molecule has 23 heavy (non-hydrogen) atoms. The van der Waals surface area contributed by atoms with Gasteiger partial charge in [0.1, 0.15) is 0 Å². The van der Waals surface area contributed by atoms with Crippen LogP contribution in [0.5, 0.6) is 0 Å². The molecule has 7 nitrogen and oxygen atoms in total. The summed E-state index contributed by atoms with van der Waals surface area (Å²) in [5.74, 6) is 0.191. The van der Waals surface area contributed by atoms with E-state index in [9.17, 15) is 4.79 Å². The van der Waals surface area contributed by atoms with Gasteiger partial charge in [0, 0.05) is 19.3 Å². The lowest BCUT2D eigenvalue weighted by Crippen LogP contribution is -2.31. The first-order valence-corrected chi connectivity index (χ1v) is 7.73. The van der Waals surface area contributed by atoms with E-state index in [1.807, 2.05) is 23.9 Å². The smallest absolute Gasteiger partial charge is 0.292 e. The normalized spacial score (nSPS) is 17.9. The molecule has 1 unspecified atom stereocenters. The van der Waals surface area contributed by atoms with Crippen LogP contribution < -0.4 is 0 Å². The Morgan fingerprint density at radius 3 is 2.96 bits per heavy atom. The SMILES string of the molecule is Cc1ncoc1C(=O)N1CCCC1c1cncc(CN(C)C)n1. The Kier molecular flexibility index (Phi) is 4.38. The molecule has 0 radical (unpaired) electrons. The number of oxazole rings is 1. The predicted octanol–water partition coefficient (Wildman–Crippen LogP) is 1.81. The number of nitrogens with zero attached hydrogens (tertiary/aromatic N) is 5. The maximum Gasteiger partial charge on any atom is 0.292 e. The third-order valence-corrected chi connectivity index (χ3v) is 3.98. The minimum atomic E-state index is -0.123. The molecule has 2 aromatic heterocycles. The van der Waals surface area contributed by atoms with Crippen LogP contribution in [0.3, 0.4) is 0 Å². The molecule has 1 fully saturated rings. The number of carbonyl (C=O) groups excluding carboxylic acids is 1. The van der Waals surface area contributed by atoms with Gasteiger partial charge in [-0.05, 0) is 33.9 Å². The number of carbonyl (C=O) groups is 1. The number of aryl methyl sites for hydroxylation is 1. The maximum absolute atomic E-state index is 12.7. The van der Waals surface area contributed by atoms with Crippen molar-refractivity contribution in [3.8, 4) is 0 Å². The Morgan fingerprint density at radius 2 is 2.26 bits per heavy atom. The molecule has 1 aliphatic heterocycles. The summed E-state index contributed by atoms with van der Waals surface area (Å²) in [5.41, 5.74) is 2.36. The summed E-state index contributed by atoms with van der Waals surface area (Å²) in [7, 11) is 3.98. The van der Waals surface area contributed by atoms with Gasteiger partial charge in [0.05, 0.1) is 29.3 Å². The summed E-state index contributed by atoms with van der Waals surface area (Å²) in [6.45, 7) is 3.20. The monoisotopic (exact) mass is 315 g/mol. The van der Waals surface area contributed by atoms with Crippen molar-refractivity contribution < 1.29 is 9.21 Å². The minimum absolute atomic E-state index is 0.0541. The lowest BCUT2D eigenvalue weighted by Gasteiger charge is -2.23. The number of amides is 1. The average molecular weight is 315 g/mol. The van der Waals surface area contributed by atoms with Crippen molar-refractivity contribution in [2.24, 2.45) is 0 Å². The van der Waals surface area contributed by atoms with E-state index in [2.05, 4.69) is 15.0 Å². The summed E-state index contributed by atoms with van der Waals surface area (Å²) >= 11 is 0. The van der Waals surface area contributed by atoms with Crippen molar-refractivity contribution in [2.75, 3.05) is 20.6 Å². The highest BCUT2D eigenvalue weighted by atomic mass is 16.3. The molecule has 3 rings (SSSR count). The molecule has 0 aliphatic carbocycles. The van der Waals surface area contributed by atoms with E-state index in [0.29, 0.717) is 18.0 Å². The van der Waals surface area contributed by atoms with E-state index in [-0.39, 0.29) is 11.9 Å². The van der Waals surface area contributed by atoms with Gasteiger partial charge in [-0.15, -0.1) is 0 Å². The Hall–Kier alpha value is -2.28. The van der Waals surface area contributed by atoms with Crippen molar-refractivity contribution in [3.05, 3.63) is 41.6 Å². The van der Waals surface area contributed by atoms with Crippen molar-refractivity contribution in [1.29, 1.82) is 0 Å². The Balaban J connectivity index is 1.84. The van der Waals surface area contributed by atoms with Gasteiger partial charge in [-0.2, -0.15) is 0 Å². The third-order valence-electron chi connectivity index (χ3n) is 3.98. The largest absolute Gasteiger partial charge is 0.438 e. The fourth-order valence-corrected chi connectivity index (χ4v) is 2.94. The van der Waals surface area contributed by atoms with Crippen LogP contribution in [0.4, 0.5) is 0 Å². The molecule has 1 aliphatic rings. The van der Waals surface area contributed by atoms with Crippen LogP contribution in [0.15, 0.2) is 23.2 Å². The van der Waals surface area contributed by atoms with Gasteiger partial charge < -0.3 is 14.2 Å². The molecule has 1 amide bonds. The van der Waals surface area contributed by atoms with E-state index in [4.69, 9.17) is 4.42 Å². The molecule has 1 saturated heterocycles. The van der Waals surface area contributed by atoms with E-state index in [0.717, 1.165) is 30.8 Å². The molecule has 122 valence electrons. The van der Waals surface area contributed by atoms with Crippen molar-refractivity contribution in [1.82, 2.24) is 24.8 Å². The van der Waals surface area contributed by atoms with Gasteiger partial charge in [0.15, 0.2) is 6.39 Å². The summed E-state index contributed by atoms with van der Waals surface area (Å²) in [6, 6.07) is -0.0541. The van der Waals surface area contributed by atoms with Gasteiger partial charge in [-0.3, -0.25) is 14.8 Å². The molecule has 0 bridgehead atoms. The summed E-state index contributed by atoms with van der Waals surface area (Å²) in [5, 5.41) is 0. The standard InChI is InChI=1S/C16H21N5O2/c1-11-15(23-10-18-11)16(22)21-6-4-5-14(21)13-8-17-7-12(19-13)9-20(2)3/h7-8,10,14H,4-6,9H2,1-3H3. The number of hydrogen-bond acceptors (Lipinski definition) is 6. The molecule has 0 spiro atoms. The number of rotatable bonds is 4. The molecular weight excluding hydrogens is 294 g/mol. The average Bonchev–Trinajstić information content (AvgIpc) is 3.15. The Labute approximate surface area is 135 Å². The van der Waals surface area contributed by atoms with Crippen molar-refractivity contribution >= 4 is 5.91 Å². The Bertz CT molecular complexity index is 697. The van der Waals surface area contributed by atoms with E-state index >= 15 is 0 Å². The zero-order valence-electron chi connectivity index (χ0n) is 13.7. The van der Waals surface area contributed by atoms with Crippen LogP contribution in [0.2, 0.25) is 0 Å². The van der Waals surface area contributed by atoms with Crippen LogP contribution in [0.1, 0.15) is 46.5 Å². The van der Waals surface area contributed by atoms with E-state index < -0.39 is 0 Å². The van der Waals surface area contributed by atoms with Gasteiger partial charge in [-0.1, -0.05) is 0 Å². The first-order chi connectivity index (χ1) is 11.1. The topological polar surface area (TPSA) is 75.4 Å². The number of hydrogen-bond donors (Lipinski definition) is 0. The van der Waals surface area contributed by atoms with E-state index in [1.165, 1.54) is 6.39 Å². The molecule has 0 aromatic carbocycles. The quantitative estimate of drug-likeness (QED) is 0.856. The lowest BCUT2D eigenvalue weighted by molar-refractivity contribution is 0.0699. The van der Waals surface area contributed by atoms with Crippen LogP contribution >= 0.6 is 0 Å². The van der Waals surface area contributed by atoms with Crippen molar-refractivity contribution in [3.63, 3.8) is 0 Å². The molecule has 7 heteroatoms. The van der Waals surface area contributed by atoms with Gasteiger partial charge in [-0.25, -0.2) is 4.98 Å². The van der Waals surface area contributed by atoms with Crippen molar-refractivity contribution in [2.45, 2.75) is 32.4 Å². The minimum Gasteiger partial charge on any atom is -0.438 e. The highest BCUT2D eigenvalue weighted by Crippen LogP contribution is 2.32. The summed E-state index contributed by atoms with van der Waals surface area (Å²) in [6.07, 6.45) is 6.67. The maximum atomic E-state index is 12.7. The second-order valence-electron chi connectivity index (χ2n) is 6.10. The van der Waals surface area contributed by atoms with Gasteiger partial charge in [0.25, 0.3) is 5.91 Å². The second-order valence-corrected chi connectivity index (χ2v) is 6.10. The molecule has 3 heterocycles. The zero-order chi connectivity index (χ0) is 16.4. The third kappa shape index (κ3) is 3.24. The highest BCUT2D eigenvalue weighted by molar-refractivity contribution is 5.92. The second kappa shape index (κ2) is 6.45. The molecule has 0 saturated carbocycles. The van der Waals surface area contributed by atoms with Crippen LogP contribution in [-0.2, 0) is 6.54 Å². The van der Waals surface area contributed by atoms with E-state index in [1.54, 1.807) is 19.3 Å². The predicted molar refractivity (Wildman–Crippen MR) is 83.7 cm³/mol. The Morgan fingerprint density at radius 1 is 1.43 bits per heavy atom. The number of likely N-dealkylation sites (tertiary alicyclic amines) is 1. The first-order valence-electron chi connectivity index (χ1n) is 7.73. The van der Waals surface area contributed by atoms with Crippen LogP contribution in [0.25, 0.3) is 0 Å². The first kappa shape index (κ1) is 15.6. The van der Waals surface area contributed by atoms with Gasteiger partial charge in [0.2, 0.25) is 5.76 Å². The fraction of sp³-hybridized carbons (Fsp3) is 0.500.